The molecule has 0 radical (unpaired) electrons. The molecule has 0 aliphatic carbocycles. The molecule has 4 aliphatic rings. The molecule has 0 bridgehead atoms. The van der Waals surface area contributed by atoms with Crippen LogP contribution in [0.4, 0.5) is 68.2 Å². The standard InChI is InChI=1S/C52H59BN4O2.C52H59BN4S2/c2*1-48(2,3)30-16-20-33(21-17-30)56-39-28-32(50(7,8)9)29-40-41(39)53(35-24-26-37-44(42(35)56)58-46(54-37)51(10,11)12)36-25-27-38-45(59-47(55-38)52(13,14)15)43(36)57(40)34-22-18-31(19-23-34)49(4,5)6/h2*16-29H,1-15H3. The molecule has 4 aromatic heterocycles. The smallest absolute Gasteiger partial charge is 0.252 e. The van der Waals surface area contributed by atoms with Crippen molar-refractivity contribution in [3.05, 3.63) is 225 Å². The second kappa shape index (κ2) is 26.9. The Morgan fingerprint density at radius 2 is 0.483 bits per heavy atom. The zero-order chi connectivity index (χ0) is 84.7. The summed E-state index contributed by atoms with van der Waals surface area (Å²) in [7, 11) is 0. The average Bonchev–Trinajstić information content (AvgIpc) is 1.05. The van der Waals surface area contributed by atoms with Gasteiger partial charge in [0.25, 0.3) is 13.4 Å². The van der Waals surface area contributed by atoms with Crippen LogP contribution in [0.25, 0.3) is 42.6 Å². The number of rotatable bonds is 4. The van der Waals surface area contributed by atoms with Crippen molar-refractivity contribution in [1.82, 2.24) is 19.9 Å². The van der Waals surface area contributed by atoms with Gasteiger partial charge in [0.1, 0.15) is 11.0 Å². The Balaban J connectivity index is 0.000000169. The number of hydrogen-bond donors (Lipinski definition) is 0. The van der Waals surface area contributed by atoms with E-state index >= 15 is 0 Å². The maximum atomic E-state index is 6.95. The topological polar surface area (TPSA) is 90.8 Å². The van der Waals surface area contributed by atoms with Crippen molar-refractivity contribution >= 4 is 180 Å². The molecule has 0 spiro atoms. The van der Waals surface area contributed by atoms with E-state index in [9.17, 15) is 0 Å². The Labute approximate surface area is 710 Å². The van der Waals surface area contributed by atoms with Crippen LogP contribution in [0.3, 0.4) is 0 Å². The number of anilines is 12. The summed E-state index contributed by atoms with van der Waals surface area (Å²) in [5.74, 6) is 1.46. The molecule has 18 rings (SSSR count). The molecule has 0 unspecified atom stereocenters. The van der Waals surface area contributed by atoms with Gasteiger partial charge in [-0.2, -0.15) is 0 Å². The van der Waals surface area contributed by atoms with Crippen molar-refractivity contribution in [1.29, 1.82) is 0 Å². The van der Waals surface area contributed by atoms with E-state index < -0.39 is 0 Å². The van der Waals surface area contributed by atoms with Gasteiger partial charge < -0.3 is 28.4 Å². The fourth-order valence-corrected chi connectivity index (χ4v) is 19.8. The van der Waals surface area contributed by atoms with Gasteiger partial charge in [-0.05, 0) is 196 Å². The lowest BCUT2D eigenvalue weighted by atomic mass is 9.33. The Morgan fingerprint density at radius 1 is 0.246 bits per heavy atom. The maximum Gasteiger partial charge on any atom is 0.252 e. The first kappa shape index (κ1) is 80.7. The lowest BCUT2D eigenvalue weighted by molar-refractivity contribution is 0.411. The summed E-state index contributed by atoms with van der Waals surface area (Å²) in [5, 5.41) is 2.32. The largest absolute Gasteiger partial charge is 0.438 e. The first-order valence-electron chi connectivity index (χ1n) is 42.6. The van der Waals surface area contributed by atoms with Gasteiger partial charge in [0.2, 0.25) is 11.8 Å². The summed E-state index contributed by atoms with van der Waals surface area (Å²) >= 11 is 3.73. The third-order valence-electron chi connectivity index (χ3n) is 24.5. The highest BCUT2D eigenvalue weighted by molar-refractivity contribution is 7.20. The number of fused-ring (bicyclic) bond motifs is 16. The van der Waals surface area contributed by atoms with Crippen molar-refractivity contribution in [3.63, 3.8) is 0 Å². The van der Waals surface area contributed by atoms with Crippen LogP contribution in [-0.4, -0.2) is 33.4 Å². The molecule has 8 heterocycles. The molecule has 0 saturated carbocycles. The highest BCUT2D eigenvalue weighted by atomic mass is 32.1. The third kappa shape index (κ3) is 13.6. The Hall–Kier alpha value is -9.75. The van der Waals surface area contributed by atoms with E-state index in [0.717, 1.165) is 89.2 Å². The summed E-state index contributed by atoms with van der Waals surface area (Å²) in [6.07, 6.45) is 0. The SMILES string of the molecule is CC(C)(C)c1ccc(N2c3cc(C(C)(C)C)cc4c3B(c3ccc5nc(C(C)(C)C)oc5c32)c2ccc3nc(C(C)(C)C)oc3c2N4c2ccc(C(C)(C)C)cc2)cc1.CC(C)(C)c1ccc(N2c3cc(C(C)(C)C)cc4c3B(c3ccc5nc(C(C)(C)C)sc5c32)c2ccc3nc(C(C)(C)C)sc3c2N4c2ccc(C(C)(C)C)cc2)cc1. The lowest BCUT2D eigenvalue weighted by Crippen LogP contribution is -2.61. The number of aromatic nitrogens is 4. The van der Waals surface area contributed by atoms with Gasteiger partial charge in [-0.3, -0.25) is 0 Å². The fourth-order valence-electron chi connectivity index (χ4n) is 17.5. The van der Waals surface area contributed by atoms with Gasteiger partial charge in [-0.25, -0.2) is 19.9 Å². The van der Waals surface area contributed by atoms with Crippen molar-refractivity contribution < 1.29 is 8.83 Å². The van der Waals surface area contributed by atoms with Gasteiger partial charge in [0, 0.05) is 67.2 Å². The van der Waals surface area contributed by atoms with Crippen LogP contribution in [0, 0.1) is 0 Å². The molecular weight excluding hydrogens is 1480 g/mol. The highest BCUT2D eigenvalue weighted by Crippen LogP contribution is 2.55. The summed E-state index contributed by atoms with van der Waals surface area (Å²) in [4.78, 5) is 31.0. The predicted octanol–water partition coefficient (Wildman–Crippen LogP) is 26.0. The Bertz CT molecular complexity index is 5610. The molecule has 14 aromatic rings. The van der Waals surface area contributed by atoms with Crippen LogP contribution in [0.2, 0.25) is 0 Å². The van der Waals surface area contributed by atoms with Crippen LogP contribution >= 0.6 is 22.7 Å². The second-order valence-corrected chi connectivity index (χ2v) is 46.2. The normalized spacial score (nSPS) is 14.6. The molecule has 0 fully saturated rings. The molecule has 10 nitrogen and oxygen atoms in total. The number of benzene rings is 10. The van der Waals surface area contributed by atoms with Crippen LogP contribution < -0.4 is 52.4 Å². The maximum absolute atomic E-state index is 6.95. The van der Waals surface area contributed by atoms with Crippen LogP contribution in [-0.2, 0) is 54.1 Å². The van der Waals surface area contributed by atoms with Gasteiger partial charge in [0.05, 0.1) is 53.2 Å². The molecule has 0 saturated heterocycles. The monoisotopic (exact) mass is 1600 g/mol. The van der Waals surface area contributed by atoms with E-state index in [1.54, 1.807) is 0 Å². The number of thiazole rings is 2. The summed E-state index contributed by atoms with van der Waals surface area (Å²) in [5.41, 5.74) is 33.8. The molecule has 118 heavy (non-hydrogen) atoms. The first-order chi connectivity index (χ1) is 54.8. The molecular formula is C104H118B2N8O2S2. The average molecular weight is 1600 g/mol. The van der Waals surface area contributed by atoms with Crippen LogP contribution in [0.15, 0.2) is 179 Å². The lowest BCUT2D eigenvalue weighted by Gasteiger charge is -2.45. The van der Waals surface area contributed by atoms with Crippen molar-refractivity contribution in [2.75, 3.05) is 19.6 Å². The molecule has 0 amide bonds. The number of nitrogens with zero attached hydrogens (tertiary/aromatic N) is 8. The molecule has 10 aromatic carbocycles. The second-order valence-electron chi connectivity index (χ2n) is 44.2. The summed E-state index contributed by atoms with van der Waals surface area (Å²) in [6.45, 7) is 68.0. The highest BCUT2D eigenvalue weighted by Gasteiger charge is 2.50. The number of hydrogen-bond acceptors (Lipinski definition) is 12. The Kier molecular flexibility index (Phi) is 18.4. The van der Waals surface area contributed by atoms with E-state index in [1.807, 2.05) is 22.7 Å². The minimum Gasteiger partial charge on any atom is -0.438 e. The fraction of sp³-hybridized carbons (Fsp3) is 0.385. The van der Waals surface area contributed by atoms with Crippen LogP contribution in [0.5, 0.6) is 0 Å². The molecule has 0 atom stereocenters. The summed E-state index contributed by atoms with van der Waals surface area (Å²) < 4.78 is 16.4. The van der Waals surface area contributed by atoms with Crippen LogP contribution in [0.1, 0.15) is 263 Å². The van der Waals surface area contributed by atoms with E-state index in [-0.39, 0.29) is 67.6 Å². The van der Waals surface area contributed by atoms with Crippen molar-refractivity contribution in [3.8, 4) is 0 Å². The van der Waals surface area contributed by atoms with E-state index in [4.69, 9.17) is 28.8 Å². The van der Waals surface area contributed by atoms with Gasteiger partial charge in [-0.1, -0.05) is 281 Å². The molecule has 0 N–H and O–H groups in total. The zero-order valence-corrected chi connectivity index (χ0v) is 77.2. The summed E-state index contributed by atoms with van der Waals surface area (Å²) in [6, 6.07) is 65.1. The van der Waals surface area contributed by atoms with Gasteiger partial charge in [0.15, 0.2) is 11.2 Å². The van der Waals surface area contributed by atoms with E-state index in [1.165, 1.54) is 110 Å². The minimum atomic E-state index is -0.270. The molecule has 604 valence electrons. The zero-order valence-electron chi connectivity index (χ0n) is 75.5. The van der Waals surface area contributed by atoms with Gasteiger partial charge >= 0.3 is 0 Å². The predicted molar refractivity (Wildman–Crippen MR) is 509 cm³/mol. The van der Waals surface area contributed by atoms with Crippen molar-refractivity contribution in [2.24, 2.45) is 0 Å². The van der Waals surface area contributed by atoms with Gasteiger partial charge in [-0.15, -0.1) is 22.7 Å². The minimum absolute atomic E-state index is 0.00314. The molecule has 14 heteroatoms. The van der Waals surface area contributed by atoms with E-state index in [0.29, 0.717) is 0 Å². The van der Waals surface area contributed by atoms with E-state index in [2.05, 4.69) is 397 Å². The Morgan fingerprint density at radius 3 is 0.720 bits per heavy atom. The quantitative estimate of drug-likeness (QED) is 0.159. The van der Waals surface area contributed by atoms with Crippen molar-refractivity contribution in [2.45, 2.75) is 262 Å². The molecule has 4 aliphatic heterocycles. The number of oxazole rings is 2. The first-order valence-corrected chi connectivity index (χ1v) is 44.2. The third-order valence-corrected chi connectivity index (χ3v) is 27.5.